The molecular weight excluding hydrogens is 268 g/mol. The zero-order valence-electron chi connectivity index (χ0n) is 13.2. The van der Waals surface area contributed by atoms with Crippen LogP contribution in [0.3, 0.4) is 0 Å². The average Bonchev–Trinajstić information content (AvgIpc) is 3.32. The molecule has 0 atom stereocenters. The molecule has 0 aromatic carbocycles. The molecule has 21 heavy (non-hydrogen) atoms. The second-order valence-corrected chi connectivity index (χ2v) is 5.37. The first-order valence-electron chi connectivity index (χ1n) is 7.83. The summed E-state index contributed by atoms with van der Waals surface area (Å²) in [5.41, 5.74) is 0. The van der Waals surface area contributed by atoms with Crippen molar-refractivity contribution in [1.82, 2.24) is 15.0 Å². The standard InChI is InChI=1S/C14H26N6O/c1-4-8-15-12-17-13(16-9-5-2)19-14(18-12)20(3)21-10-11-6-7-11/h11H,4-10H2,1-3H3,(H2,15,16,17,18,19). The summed E-state index contributed by atoms with van der Waals surface area (Å²) in [6.45, 7) is 6.62. The summed E-state index contributed by atoms with van der Waals surface area (Å²) in [4.78, 5) is 18.9. The second kappa shape index (κ2) is 7.97. The van der Waals surface area contributed by atoms with E-state index in [9.17, 15) is 0 Å². The predicted octanol–water partition coefficient (Wildman–Crippen LogP) is 2.29. The van der Waals surface area contributed by atoms with E-state index in [1.54, 1.807) is 5.06 Å². The molecule has 2 N–H and O–H groups in total. The van der Waals surface area contributed by atoms with Gasteiger partial charge >= 0.3 is 0 Å². The number of nitrogens with one attached hydrogen (secondary N) is 2. The Balaban J connectivity index is 2.04. The molecule has 2 rings (SSSR count). The highest BCUT2D eigenvalue weighted by molar-refractivity contribution is 5.42. The van der Waals surface area contributed by atoms with Gasteiger partial charge in [0.1, 0.15) is 0 Å². The van der Waals surface area contributed by atoms with Crippen molar-refractivity contribution in [2.45, 2.75) is 39.5 Å². The Bertz CT molecular complexity index is 411. The Morgan fingerprint density at radius 3 is 2.10 bits per heavy atom. The summed E-state index contributed by atoms with van der Waals surface area (Å²) in [6.07, 6.45) is 4.56. The summed E-state index contributed by atoms with van der Waals surface area (Å²) < 4.78 is 0. The molecule has 0 radical (unpaired) electrons. The Morgan fingerprint density at radius 1 is 1.05 bits per heavy atom. The van der Waals surface area contributed by atoms with E-state index < -0.39 is 0 Å². The Kier molecular flexibility index (Phi) is 5.98. The summed E-state index contributed by atoms with van der Waals surface area (Å²) in [7, 11) is 1.84. The van der Waals surface area contributed by atoms with Crippen molar-refractivity contribution in [3.05, 3.63) is 0 Å². The molecular formula is C14H26N6O. The molecule has 1 aliphatic rings. The fraction of sp³-hybridized carbons (Fsp3) is 0.786. The maximum atomic E-state index is 5.70. The van der Waals surface area contributed by atoms with Gasteiger partial charge < -0.3 is 10.6 Å². The van der Waals surface area contributed by atoms with Gasteiger partial charge in [-0.2, -0.15) is 15.0 Å². The number of anilines is 3. The molecule has 0 aliphatic heterocycles. The van der Waals surface area contributed by atoms with Crippen molar-refractivity contribution < 1.29 is 4.84 Å². The van der Waals surface area contributed by atoms with Crippen LogP contribution in [0, 0.1) is 5.92 Å². The topological polar surface area (TPSA) is 75.2 Å². The van der Waals surface area contributed by atoms with E-state index in [1.807, 2.05) is 7.05 Å². The molecule has 0 saturated heterocycles. The Labute approximate surface area is 126 Å². The zero-order chi connectivity index (χ0) is 15.1. The van der Waals surface area contributed by atoms with Crippen molar-refractivity contribution >= 4 is 17.8 Å². The highest BCUT2D eigenvalue weighted by Gasteiger charge is 2.23. The van der Waals surface area contributed by atoms with Crippen molar-refractivity contribution in [3.8, 4) is 0 Å². The quantitative estimate of drug-likeness (QED) is 0.641. The van der Waals surface area contributed by atoms with E-state index in [4.69, 9.17) is 4.84 Å². The minimum Gasteiger partial charge on any atom is -0.354 e. The van der Waals surface area contributed by atoms with E-state index >= 15 is 0 Å². The van der Waals surface area contributed by atoms with Crippen molar-refractivity contribution in [2.75, 3.05) is 42.4 Å². The summed E-state index contributed by atoms with van der Waals surface area (Å²) in [6, 6.07) is 0. The lowest BCUT2D eigenvalue weighted by molar-refractivity contribution is 0.109. The van der Waals surface area contributed by atoms with Crippen LogP contribution in [-0.4, -0.2) is 41.7 Å². The fourth-order valence-electron chi connectivity index (χ4n) is 1.70. The van der Waals surface area contributed by atoms with E-state index in [2.05, 4.69) is 39.4 Å². The summed E-state index contributed by atoms with van der Waals surface area (Å²) in [5, 5.41) is 8.03. The maximum absolute atomic E-state index is 5.70. The van der Waals surface area contributed by atoms with Crippen molar-refractivity contribution in [1.29, 1.82) is 0 Å². The highest BCUT2D eigenvalue weighted by Crippen LogP contribution is 2.29. The summed E-state index contributed by atoms with van der Waals surface area (Å²) >= 11 is 0. The van der Waals surface area contributed by atoms with Crippen LogP contribution in [0.1, 0.15) is 39.5 Å². The van der Waals surface area contributed by atoms with E-state index in [0.29, 0.717) is 23.8 Å². The molecule has 1 aromatic rings. The normalized spacial score (nSPS) is 14.0. The highest BCUT2D eigenvalue weighted by atomic mass is 16.7. The van der Waals surface area contributed by atoms with E-state index in [-0.39, 0.29) is 0 Å². The van der Waals surface area contributed by atoms with Gasteiger partial charge in [0.15, 0.2) is 0 Å². The summed E-state index contributed by atoms with van der Waals surface area (Å²) in [5.74, 6) is 2.40. The van der Waals surface area contributed by atoms with Gasteiger partial charge in [0, 0.05) is 20.1 Å². The minimum atomic E-state index is 0.530. The first-order chi connectivity index (χ1) is 10.2. The monoisotopic (exact) mass is 294 g/mol. The van der Waals surface area contributed by atoms with E-state index in [0.717, 1.165) is 32.5 Å². The number of hydrogen-bond donors (Lipinski definition) is 2. The molecule has 1 aromatic heterocycles. The molecule has 7 heteroatoms. The van der Waals surface area contributed by atoms with Crippen LogP contribution < -0.4 is 15.7 Å². The lowest BCUT2D eigenvalue weighted by Crippen LogP contribution is -2.23. The molecule has 0 unspecified atom stereocenters. The van der Waals surface area contributed by atoms with Crippen LogP contribution in [0.15, 0.2) is 0 Å². The first-order valence-corrected chi connectivity index (χ1v) is 7.83. The smallest absolute Gasteiger partial charge is 0.256 e. The number of aromatic nitrogens is 3. The average molecular weight is 294 g/mol. The van der Waals surface area contributed by atoms with Gasteiger partial charge in [-0.15, -0.1) is 0 Å². The lowest BCUT2D eigenvalue weighted by atomic mass is 10.5. The lowest BCUT2D eigenvalue weighted by Gasteiger charge is -2.18. The molecule has 0 spiro atoms. The molecule has 1 aliphatic carbocycles. The number of hydrogen-bond acceptors (Lipinski definition) is 7. The van der Waals surface area contributed by atoms with Crippen molar-refractivity contribution in [3.63, 3.8) is 0 Å². The first kappa shape index (κ1) is 15.8. The van der Waals surface area contributed by atoms with Crippen LogP contribution in [-0.2, 0) is 4.84 Å². The van der Waals surface area contributed by atoms with Gasteiger partial charge in [-0.25, -0.2) is 5.06 Å². The third-order valence-electron chi connectivity index (χ3n) is 3.17. The van der Waals surface area contributed by atoms with Gasteiger partial charge in [0.05, 0.1) is 6.61 Å². The second-order valence-electron chi connectivity index (χ2n) is 5.37. The third kappa shape index (κ3) is 5.34. The van der Waals surface area contributed by atoms with Crippen LogP contribution >= 0.6 is 0 Å². The van der Waals surface area contributed by atoms with Gasteiger partial charge in [0.25, 0.3) is 5.95 Å². The van der Waals surface area contributed by atoms with E-state index in [1.165, 1.54) is 12.8 Å². The van der Waals surface area contributed by atoms with Crippen molar-refractivity contribution in [2.24, 2.45) is 5.92 Å². The van der Waals surface area contributed by atoms with Crippen LogP contribution in [0.5, 0.6) is 0 Å². The Morgan fingerprint density at radius 2 is 1.62 bits per heavy atom. The number of nitrogens with zero attached hydrogens (tertiary/aromatic N) is 4. The number of rotatable bonds is 10. The van der Waals surface area contributed by atoms with Gasteiger partial charge in [-0.05, 0) is 31.6 Å². The third-order valence-corrected chi connectivity index (χ3v) is 3.17. The van der Waals surface area contributed by atoms with Gasteiger partial charge in [0.2, 0.25) is 11.9 Å². The van der Waals surface area contributed by atoms with Crippen LogP contribution in [0.25, 0.3) is 0 Å². The molecule has 7 nitrogen and oxygen atoms in total. The van der Waals surface area contributed by atoms with Crippen LogP contribution in [0.2, 0.25) is 0 Å². The molecule has 0 bridgehead atoms. The van der Waals surface area contributed by atoms with Gasteiger partial charge in [-0.1, -0.05) is 13.8 Å². The SMILES string of the molecule is CCCNc1nc(NCCC)nc(N(C)OCC2CC2)n1. The van der Waals surface area contributed by atoms with Gasteiger partial charge in [-0.3, -0.25) is 4.84 Å². The molecule has 118 valence electrons. The van der Waals surface area contributed by atoms with Crippen LogP contribution in [0.4, 0.5) is 17.8 Å². The zero-order valence-corrected chi connectivity index (χ0v) is 13.2. The maximum Gasteiger partial charge on any atom is 0.256 e. The molecule has 1 heterocycles. The largest absolute Gasteiger partial charge is 0.354 e. The molecule has 1 fully saturated rings. The minimum absolute atomic E-state index is 0.530. The Hall–Kier alpha value is -1.63. The predicted molar refractivity (Wildman–Crippen MR) is 84.5 cm³/mol. The number of hydroxylamine groups is 1. The fourth-order valence-corrected chi connectivity index (χ4v) is 1.70. The molecule has 1 saturated carbocycles. The molecule has 0 amide bonds.